The summed E-state index contributed by atoms with van der Waals surface area (Å²) < 4.78 is 7.25. The van der Waals surface area contributed by atoms with Gasteiger partial charge in [-0.1, -0.05) is 0 Å². The molecule has 0 bridgehead atoms. The van der Waals surface area contributed by atoms with Crippen LogP contribution in [0.25, 0.3) is 0 Å². The molecule has 80 valence electrons. The van der Waals surface area contributed by atoms with Crippen molar-refractivity contribution in [1.29, 1.82) is 0 Å². The maximum Gasteiger partial charge on any atom is 0.0587 e. The number of rotatable bonds is 6. The summed E-state index contributed by atoms with van der Waals surface area (Å²) in [7, 11) is 1.72. The van der Waals surface area contributed by atoms with E-state index >= 15 is 0 Å². The van der Waals surface area contributed by atoms with Gasteiger partial charge in [-0.3, -0.25) is 0 Å². The lowest BCUT2D eigenvalue weighted by Gasteiger charge is -2.13. The monoisotopic (exact) mass is 196 g/mol. The van der Waals surface area contributed by atoms with Gasteiger partial charge in [-0.05, 0) is 26.0 Å². The molecule has 0 fully saturated rings. The molecule has 1 N–H and O–H groups in total. The van der Waals surface area contributed by atoms with Crippen molar-refractivity contribution in [2.24, 2.45) is 0 Å². The van der Waals surface area contributed by atoms with Gasteiger partial charge in [-0.15, -0.1) is 0 Å². The van der Waals surface area contributed by atoms with Crippen LogP contribution in [-0.2, 0) is 11.3 Å². The van der Waals surface area contributed by atoms with Crippen LogP contribution in [0.2, 0.25) is 0 Å². The molecule has 0 atom stereocenters. The van der Waals surface area contributed by atoms with Crippen molar-refractivity contribution < 1.29 is 4.74 Å². The van der Waals surface area contributed by atoms with E-state index in [1.165, 1.54) is 5.69 Å². The number of hydrogen-bond donors (Lipinski definition) is 1. The van der Waals surface area contributed by atoms with Crippen LogP contribution >= 0.6 is 0 Å². The minimum atomic E-state index is 0.532. The maximum atomic E-state index is 4.97. The second-order valence-corrected chi connectivity index (χ2v) is 3.67. The predicted octanol–water partition coefficient (Wildman–Crippen LogP) is 1.80. The van der Waals surface area contributed by atoms with Crippen LogP contribution in [-0.4, -0.2) is 24.8 Å². The fraction of sp³-hybridized carbons (Fsp3) is 0.636. The molecule has 0 saturated carbocycles. The van der Waals surface area contributed by atoms with E-state index in [4.69, 9.17) is 4.74 Å². The molecule has 0 saturated heterocycles. The van der Waals surface area contributed by atoms with Gasteiger partial charge in [0.25, 0.3) is 0 Å². The van der Waals surface area contributed by atoms with Gasteiger partial charge in [-0.25, -0.2) is 0 Å². The van der Waals surface area contributed by atoms with Crippen LogP contribution in [0.3, 0.4) is 0 Å². The summed E-state index contributed by atoms with van der Waals surface area (Å²) in [6.45, 7) is 6.97. The molecule has 14 heavy (non-hydrogen) atoms. The first kappa shape index (κ1) is 11.3. The average molecular weight is 196 g/mol. The smallest absolute Gasteiger partial charge is 0.0587 e. The Bertz CT molecular complexity index is 256. The minimum Gasteiger partial charge on any atom is -0.383 e. The number of hydrogen-bond acceptors (Lipinski definition) is 2. The highest BCUT2D eigenvalue weighted by Gasteiger charge is 2.02. The zero-order chi connectivity index (χ0) is 10.4. The zero-order valence-corrected chi connectivity index (χ0v) is 9.29. The molecular weight excluding hydrogens is 176 g/mol. The molecule has 0 aromatic carbocycles. The number of aromatic nitrogens is 1. The molecule has 0 radical (unpaired) electrons. The quantitative estimate of drug-likeness (QED) is 0.702. The third kappa shape index (κ3) is 3.16. The van der Waals surface area contributed by atoms with E-state index in [0.29, 0.717) is 6.04 Å². The Morgan fingerprint density at radius 2 is 2.29 bits per heavy atom. The fourth-order valence-corrected chi connectivity index (χ4v) is 1.47. The van der Waals surface area contributed by atoms with Crippen molar-refractivity contribution in [3.8, 4) is 0 Å². The standard InChI is InChI=1S/C11H20N2O/c1-10(2)13-7-4-5-11(13)9-12-6-8-14-3/h4-5,7,10,12H,6,8-9H2,1-3H3. The van der Waals surface area contributed by atoms with E-state index in [0.717, 1.165) is 19.7 Å². The minimum absolute atomic E-state index is 0.532. The number of methoxy groups -OCH3 is 1. The van der Waals surface area contributed by atoms with Crippen LogP contribution < -0.4 is 5.32 Å². The summed E-state index contributed by atoms with van der Waals surface area (Å²) in [5.74, 6) is 0. The topological polar surface area (TPSA) is 26.2 Å². The lowest BCUT2D eigenvalue weighted by Crippen LogP contribution is -2.20. The lowest BCUT2D eigenvalue weighted by atomic mass is 10.3. The van der Waals surface area contributed by atoms with Gasteiger partial charge in [0, 0.05) is 38.1 Å². The second-order valence-electron chi connectivity index (χ2n) is 3.67. The van der Waals surface area contributed by atoms with Crippen LogP contribution in [0.4, 0.5) is 0 Å². The summed E-state index contributed by atoms with van der Waals surface area (Å²) in [6, 6.07) is 4.77. The Morgan fingerprint density at radius 1 is 1.50 bits per heavy atom. The Labute approximate surface area is 86.1 Å². The van der Waals surface area contributed by atoms with Gasteiger partial charge in [0.1, 0.15) is 0 Å². The van der Waals surface area contributed by atoms with Gasteiger partial charge in [0.2, 0.25) is 0 Å². The SMILES string of the molecule is COCCNCc1cccn1C(C)C. The molecular formula is C11H20N2O. The molecule has 1 rings (SSSR count). The molecule has 1 heterocycles. The molecule has 0 aliphatic heterocycles. The second kappa shape index (κ2) is 5.83. The number of nitrogens with zero attached hydrogens (tertiary/aromatic N) is 1. The first-order valence-corrected chi connectivity index (χ1v) is 5.11. The summed E-state index contributed by atoms with van der Waals surface area (Å²) >= 11 is 0. The molecule has 1 aromatic rings. The summed E-state index contributed by atoms with van der Waals surface area (Å²) in [4.78, 5) is 0. The lowest BCUT2D eigenvalue weighted by molar-refractivity contribution is 0.199. The third-order valence-corrected chi connectivity index (χ3v) is 2.21. The Kier molecular flexibility index (Phi) is 4.70. The Hall–Kier alpha value is -0.800. The van der Waals surface area contributed by atoms with Crippen molar-refractivity contribution in [2.75, 3.05) is 20.3 Å². The van der Waals surface area contributed by atoms with E-state index in [-0.39, 0.29) is 0 Å². The zero-order valence-electron chi connectivity index (χ0n) is 9.29. The highest BCUT2D eigenvalue weighted by molar-refractivity contribution is 5.07. The fourth-order valence-electron chi connectivity index (χ4n) is 1.47. The molecule has 3 heteroatoms. The normalized spacial score (nSPS) is 11.1. The maximum absolute atomic E-state index is 4.97. The molecule has 0 spiro atoms. The molecule has 0 aliphatic carbocycles. The van der Waals surface area contributed by atoms with Crippen LogP contribution in [0.5, 0.6) is 0 Å². The van der Waals surface area contributed by atoms with Crippen molar-refractivity contribution in [1.82, 2.24) is 9.88 Å². The van der Waals surface area contributed by atoms with Gasteiger partial charge in [-0.2, -0.15) is 0 Å². The van der Waals surface area contributed by atoms with Crippen molar-refractivity contribution in [3.05, 3.63) is 24.0 Å². The first-order valence-electron chi connectivity index (χ1n) is 5.11. The molecule has 0 amide bonds. The number of nitrogens with one attached hydrogen (secondary N) is 1. The van der Waals surface area contributed by atoms with Gasteiger partial charge in [0.15, 0.2) is 0 Å². The summed E-state index contributed by atoms with van der Waals surface area (Å²) in [5, 5.41) is 3.34. The summed E-state index contributed by atoms with van der Waals surface area (Å²) in [6.07, 6.45) is 2.12. The van der Waals surface area contributed by atoms with Crippen LogP contribution in [0.15, 0.2) is 18.3 Å². The predicted molar refractivity (Wildman–Crippen MR) is 58.4 cm³/mol. The molecule has 0 aliphatic rings. The van der Waals surface area contributed by atoms with Crippen molar-refractivity contribution in [2.45, 2.75) is 26.4 Å². The highest BCUT2D eigenvalue weighted by Crippen LogP contribution is 2.09. The van der Waals surface area contributed by atoms with E-state index < -0.39 is 0 Å². The van der Waals surface area contributed by atoms with E-state index in [2.05, 4.69) is 42.1 Å². The molecule has 1 aromatic heterocycles. The van der Waals surface area contributed by atoms with E-state index in [1.54, 1.807) is 7.11 Å². The van der Waals surface area contributed by atoms with Crippen LogP contribution in [0.1, 0.15) is 25.6 Å². The first-order chi connectivity index (χ1) is 6.75. The Balaban J connectivity index is 2.38. The van der Waals surface area contributed by atoms with E-state index in [1.807, 2.05) is 0 Å². The van der Waals surface area contributed by atoms with Crippen molar-refractivity contribution >= 4 is 0 Å². The highest BCUT2D eigenvalue weighted by atomic mass is 16.5. The number of ether oxygens (including phenoxy) is 1. The third-order valence-electron chi connectivity index (χ3n) is 2.21. The van der Waals surface area contributed by atoms with Crippen LogP contribution in [0, 0.1) is 0 Å². The van der Waals surface area contributed by atoms with Crippen molar-refractivity contribution in [3.63, 3.8) is 0 Å². The summed E-state index contributed by atoms with van der Waals surface area (Å²) in [5.41, 5.74) is 1.33. The average Bonchev–Trinajstić information content (AvgIpc) is 2.60. The van der Waals surface area contributed by atoms with Gasteiger partial charge >= 0.3 is 0 Å². The Morgan fingerprint density at radius 3 is 2.93 bits per heavy atom. The molecule has 3 nitrogen and oxygen atoms in total. The van der Waals surface area contributed by atoms with E-state index in [9.17, 15) is 0 Å². The van der Waals surface area contributed by atoms with Gasteiger partial charge in [0.05, 0.1) is 6.61 Å². The molecule has 0 unspecified atom stereocenters. The largest absolute Gasteiger partial charge is 0.383 e. The van der Waals surface area contributed by atoms with Gasteiger partial charge < -0.3 is 14.6 Å².